The highest BCUT2D eigenvalue weighted by atomic mass is 16.5. The Morgan fingerprint density at radius 2 is 1.81 bits per heavy atom. The van der Waals surface area contributed by atoms with Crippen LogP contribution >= 0.6 is 0 Å². The lowest BCUT2D eigenvalue weighted by Gasteiger charge is -2.17. The highest BCUT2D eigenvalue weighted by Gasteiger charge is 2.20. The molecule has 3 aromatic rings. The van der Waals surface area contributed by atoms with Crippen molar-refractivity contribution in [3.05, 3.63) is 59.9 Å². The third kappa shape index (κ3) is 6.33. The normalized spacial score (nSPS) is 11.6. The van der Waals surface area contributed by atoms with Crippen LogP contribution in [0.4, 0.5) is 0 Å². The van der Waals surface area contributed by atoms with Gasteiger partial charge in [-0.15, -0.1) is 0 Å². The molecule has 0 saturated carbocycles. The van der Waals surface area contributed by atoms with Gasteiger partial charge in [-0.3, -0.25) is 4.79 Å². The van der Waals surface area contributed by atoms with Gasteiger partial charge in [0.15, 0.2) is 0 Å². The minimum absolute atomic E-state index is 0.0688. The van der Waals surface area contributed by atoms with Crippen LogP contribution in [0.2, 0.25) is 0 Å². The summed E-state index contributed by atoms with van der Waals surface area (Å²) in [6.07, 6.45) is 3.75. The van der Waals surface area contributed by atoms with Gasteiger partial charge in [0.05, 0.1) is 17.6 Å². The van der Waals surface area contributed by atoms with Gasteiger partial charge in [0, 0.05) is 24.9 Å². The van der Waals surface area contributed by atoms with E-state index >= 15 is 0 Å². The molecule has 31 heavy (non-hydrogen) atoms. The number of aromatic nitrogens is 2. The number of hydrogen-bond donors (Lipinski definition) is 1. The van der Waals surface area contributed by atoms with E-state index in [1.165, 1.54) is 5.56 Å². The molecule has 3 rings (SSSR count). The number of fused-ring (bicyclic) bond motifs is 1. The summed E-state index contributed by atoms with van der Waals surface area (Å²) in [6, 6.07) is 16.6. The number of rotatable bonds is 10. The lowest BCUT2D eigenvalue weighted by molar-refractivity contribution is -0.128. The van der Waals surface area contributed by atoms with Gasteiger partial charge in [-0.2, -0.15) is 0 Å². The first-order valence-electron chi connectivity index (χ1n) is 11.3. The van der Waals surface area contributed by atoms with Crippen molar-refractivity contribution >= 4 is 16.9 Å². The van der Waals surface area contributed by atoms with E-state index in [0.29, 0.717) is 13.2 Å². The van der Waals surface area contributed by atoms with Crippen LogP contribution in [-0.4, -0.2) is 28.6 Å². The lowest BCUT2D eigenvalue weighted by Crippen LogP contribution is -2.36. The molecule has 0 aliphatic carbocycles. The maximum Gasteiger partial charge on any atom is 0.225 e. The van der Waals surface area contributed by atoms with E-state index in [4.69, 9.17) is 9.72 Å². The number of ether oxygens (including phenoxy) is 1. The SMILES string of the molecule is CCc1ccc(OCCCCn2c(CCNC(=O)C(C)(C)C)nc3ccccc32)cc1. The molecule has 0 aliphatic heterocycles. The van der Waals surface area contributed by atoms with E-state index < -0.39 is 0 Å². The summed E-state index contributed by atoms with van der Waals surface area (Å²) in [5.74, 6) is 2.02. The lowest BCUT2D eigenvalue weighted by atomic mass is 9.96. The highest BCUT2D eigenvalue weighted by Crippen LogP contribution is 2.18. The first kappa shape index (κ1) is 22.9. The topological polar surface area (TPSA) is 56.1 Å². The van der Waals surface area contributed by atoms with Crippen LogP contribution in [0.3, 0.4) is 0 Å². The summed E-state index contributed by atoms with van der Waals surface area (Å²) in [5.41, 5.74) is 3.10. The first-order valence-corrected chi connectivity index (χ1v) is 11.3. The van der Waals surface area contributed by atoms with Crippen LogP contribution in [0.5, 0.6) is 5.75 Å². The van der Waals surface area contributed by atoms with E-state index in [-0.39, 0.29) is 11.3 Å². The summed E-state index contributed by atoms with van der Waals surface area (Å²) < 4.78 is 8.18. The highest BCUT2D eigenvalue weighted by molar-refractivity contribution is 5.81. The fourth-order valence-electron chi connectivity index (χ4n) is 3.50. The fourth-order valence-corrected chi connectivity index (χ4v) is 3.50. The second-order valence-electron chi connectivity index (χ2n) is 8.98. The Bertz CT molecular complexity index is 984. The smallest absolute Gasteiger partial charge is 0.225 e. The largest absolute Gasteiger partial charge is 0.494 e. The van der Waals surface area contributed by atoms with Gasteiger partial charge in [-0.25, -0.2) is 4.98 Å². The Hall–Kier alpha value is -2.82. The molecule has 0 spiro atoms. The van der Waals surface area contributed by atoms with E-state index in [1.807, 2.05) is 45.0 Å². The van der Waals surface area contributed by atoms with Crippen molar-refractivity contribution in [1.29, 1.82) is 0 Å². The van der Waals surface area contributed by atoms with Crippen molar-refractivity contribution < 1.29 is 9.53 Å². The third-order valence-corrected chi connectivity index (χ3v) is 5.43. The number of imidazole rings is 1. The number of carbonyl (C=O) groups excluding carboxylic acids is 1. The number of nitrogens with one attached hydrogen (secondary N) is 1. The number of carbonyl (C=O) groups is 1. The molecule has 5 heteroatoms. The van der Waals surface area contributed by atoms with E-state index in [0.717, 1.165) is 54.8 Å². The molecule has 1 amide bonds. The van der Waals surface area contributed by atoms with Crippen LogP contribution in [0.15, 0.2) is 48.5 Å². The summed E-state index contributed by atoms with van der Waals surface area (Å²) in [5, 5.41) is 3.03. The maximum absolute atomic E-state index is 12.2. The zero-order valence-electron chi connectivity index (χ0n) is 19.3. The Balaban J connectivity index is 1.54. The third-order valence-electron chi connectivity index (χ3n) is 5.43. The number of nitrogens with zero attached hydrogens (tertiary/aromatic N) is 2. The molecular weight excluding hydrogens is 386 g/mol. The molecule has 0 atom stereocenters. The summed E-state index contributed by atoms with van der Waals surface area (Å²) in [4.78, 5) is 17.0. The average Bonchev–Trinajstić information content (AvgIpc) is 3.10. The van der Waals surface area contributed by atoms with Crippen molar-refractivity contribution in [2.45, 2.75) is 59.9 Å². The first-order chi connectivity index (χ1) is 14.9. The van der Waals surface area contributed by atoms with Crippen molar-refractivity contribution in [1.82, 2.24) is 14.9 Å². The predicted octanol–water partition coefficient (Wildman–Crippen LogP) is 5.16. The zero-order valence-corrected chi connectivity index (χ0v) is 19.3. The molecule has 0 saturated heterocycles. The molecule has 1 N–H and O–H groups in total. The van der Waals surface area contributed by atoms with E-state index in [9.17, 15) is 4.79 Å². The van der Waals surface area contributed by atoms with Gasteiger partial charge >= 0.3 is 0 Å². The Morgan fingerprint density at radius 1 is 1.06 bits per heavy atom. The van der Waals surface area contributed by atoms with Gasteiger partial charge < -0.3 is 14.6 Å². The Morgan fingerprint density at radius 3 is 2.52 bits per heavy atom. The van der Waals surface area contributed by atoms with Crippen molar-refractivity contribution in [3.8, 4) is 5.75 Å². The number of unbranched alkanes of at least 4 members (excludes halogenated alkanes) is 1. The fraction of sp³-hybridized carbons (Fsp3) is 0.462. The van der Waals surface area contributed by atoms with Crippen molar-refractivity contribution in [2.75, 3.05) is 13.2 Å². The van der Waals surface area contributed by atoms with Crippen LogP contribution in [0.1, 0.15) is 51.9 Å². The molecule has 166 valence electrons. The molecule has 0 radical (unpaired) electrons. The number of aryl methyl sites for hydroxylation is 2. The number of benzene rings is 2. The van der Waals surface area contributed by atoms with Crippen LogP contribution in [-0.2, 0) is 24.2 Å². The second-order valence-corrected chi connectivity index (χ2v) is 8.98. The summed E-state index contributed by atoms with van der Waals surface area (Å²) >= 11 is 0. The van der Waals surface area contributed by atoms with Gasteiger partial charge in [0.25, 0.3) is 0 Å². The molecule has 1 aromatic heterocycles. The summed E-state index contributed by atoms with van der Waals surface area (Å²) in [6.45, 7) is 10.1. The van der Waals surface area contributed by atoms with Gasteiger partial charge in [-0.05, 0) is 49.1 Å². The molecule has 0 bridgehead atoms. The Kier molecular flexibility index (Phi) is 7.72. The number of hydrogen-bond acceptors (Lipinski definition) is 3. The van der Waals surface area contributed by atoms with E-state index in [1.54, 1.807) is 0 Å². The minimum atomic E-state index is -0.378. The van der Waals surface area contributed by atoms with Crippen LogP contribution in [0, 0.1) is 5.41 Å². The van der Waals surface area contributed by atoms with Crippen molar-refractivity contribution in [3.63, 3.8) is 0 Å². The van der Waals surface area contributed by atoms with Gasteiger partial charge in [0.1, 0.15) is 11.6 Å². The molecule has 1 heterocycles. The molecule has 2 aromatic carbocycles. The molecule has 0 aliphatic rings. The average molecular weight is 422 g/mol. The quantitative estimate of drug-likeness (QED) is 0.460. The van der Waals surface area contributed by atoms with Crippen LogP contribution < -0.4 is 10.1 Å². The standard InChI is InChI=1S/C26H35N3O2/c1-5-20-12-14-21(15-13-20)31-19-9-8-18-29-23-11-7-6-10-22(23)28-24(29)16-17-27-25(30)26(2,3)4/h6-7,10-15H,5,8-9,16-19H2,1-4H3,(H,27,30). The predicted molar refractivity (Wildman–Crippen MR) is 126 cm³/mol. The maximum atomic E-state index is 12.2. The molecule has 5 nitrogen and oxygen atoms in total. The van der Waals surface area contributed by atoms with Gasteiger partial charge in [0.2, 0.25) is 5.91 Å². The summed E-state index contributed by atoms with van der Waals surface area (Å²) in [7, 11) is 0. The van der Waals surface area contributed by atoms with E-state index in [2.05, 4.69) is 41.1 Å². The second kappa shape index (κ2) is 10.5. The Labute approximate surface area is 185 Å². The zero-order chi connectivity index (χ0) is 22.3. The molecular formula is C26H35N3O2. The van der Waals surface area contributed by atoms with Crippen molar-refractivity contribution in [2.24, 2.45) is 5.41 Å². The molecule has 0 unspecified atom stereocenters. The number of amides is 1. The number of para-hydroxylation sites is 2. The monoisotopic (exact) mass is 421 g/mol. The minimum Gasteiger partial charge on any atom is -0.494 e. The molecule has 0 fully saturated rings. The van der Waals surface area contributed by atoms with Crippen LogP contribution in [0.25, 0.3) is 11.0 Å². The van der Waals surface area contributed by atoms with Gasteiger partial charge in [-0.1, -0.05) is 52.0 Å².